The van der Waals surface area contributed by atoms with E-state index in [0.29, 0.717) is 6.07 Å². The zero-order chi connectivity index (χ0) is 17.8. The van der Waals surface area contributed by atoms with Crippen LogP contribution in [0.5, 0.6) is 0 Å². The van der Waals surface area contributed by atoms with Crippen LogP contribution in [-0.4, -0.2) is 11.8 Å². The van der Waals surface area contributed by atoms with E-state index in [9.17, 15) is 18.4 Å². The maximum atomic E-state index is 13.1. The molecular formula is C19H14F2N2O2. The van der Waals surface area contributed by atoms with Crippen LogP contribution in [-0.2, 0) is 11.2 Å². The monoisotopic (exact) mass is 340 g/mol. The fraction of sp³-hybridized carbons (Fsp3) is 0.0526. The molecule has 6 heteroatoms. The van der Waals surface area contributed by atoms with E-state index in [2.05, 4.69) is 10.9 Å². The molecule has 0 aliphatic heterocycles. The van der Waals surface area contributed by atoms with Gasteiger partial charge in [0.2, 0.25) is 5.91 Å². The number of hydrogen-bond acceptors (Lipinski definition) is 2. The lowest BCUT2D eigenvalue weighted by Gasteiger charge is -2.09. The molecule has 0 aliphatic carbocycles. The van der Waals surface area contributed by atoms with Gasteiger partial charge in [0, 0.05) is 11.6 Å². The number of benzene rings is 3. The van der Waals surface area contributed by atoms with Gasteiger partial charge in [-0.25, -0.2) is 8.78 Å². The summed E-state index contributed by atoms with van der Waals surface area (Å²) >= 11 is 0. The van der Waals surface area contributed by atoms with E-state index in [1.165, 1.54) is 0 Å². The van der Waals surface area contributed by atoms with Gasteiger partial charge in [0.05, 0.1) is 6.42 Å². The van der Waals surface area contributed by atoms with Crippen LogP contribution in [0.15, 0.2) is 60.7 Å². The molecule has 0 radical (unpaired) electrons. The summed E-state index contributed by atoms with van der Waals surface area (Å²) < 4.78 is 26.2. The van der Waals surface area contributed by atoms with Gasteiger partial charge in [-0.3, -0.25) is 20.4 Å². The first-order valence-electron chi connectivity index (χ1n) is 7.55. The van der Waals surface area contributed by atoms with E-state index < -0.39 is 23.4 Å². The topological polar surface area (TPSA) is 58.2 Å². The molecule has 3 rings (SSSR count). The molecule has 4 nitrogen and oxygen atoms in total. The van der Waals surface area contributed by atoms with E-state index in [1.54, 1.807) is 0 Å². The van der Waals surface area contributed by atoms with Crippen LogP contribution in [0.2, 0.25) is 0 Å². The Morgan fingerprint density at radius 2 is 1.52 bits per heavy atom. The molecule has 0 saturated heterocycles. The van der Waals surface area contributed by atoms with Crippen LogP contribution in [0.25, 0.3) is 10.8 Å². The molecule has 2 N–H and O–H groups in total. The first kappa shape index (κ1) is 16.6. The van der Waals surface area contributed by atoms with Gasteiger partial charge in [-0.1, -0.05) is 42.5 Å². The van der Waals surface area contributed by atoms with Crippen LogP contribution < -0.4 is 10.9 Å². The zero-order valence-corrected chi connectivity index (χ0v) is 13.1. The van der Waals surface area contributed by atoms with Crippen molar-refractivity contribution in [2.24, 2.45) is 0 Å². The third-order valence-corrected chi connectivity index (χ3v) is 3.67. The minimum Gasteiger partial charge on any atom is -0.273 e. The second kappa shape index (κ2) is 7.09. The SMILES string of the molecule is O=C(Cc1cccc2ccccc12)NNC(=O)c1cc(F)cc(F)c1. The van der Waals surface area contributed by atoms with Crippen LogP contribution in [0, 0.1) is 11.6 Å². The highest BCUT2D eigenvalue weighted by atomic mass is 19.1. The van der Waals surface area contributed by atoms with Crippen molar-refractivity contribution >= 4 is 22.6 Å². The Morgan fingerprint density at radius 1 is 0.840 bits per heavy atom. The Kier molecular flexibility index (Phi) is 4.70. The summed E-state index contributed by atoms with van der Waals surface area (Å²) in [4.78, 5) is 23.9. The highest BCUT2D eigenvalue weighted by molar-refractivity contribution is 5.96. The number of hydrazine groups is 1. The summed E-state index contributed by atoms with van der Waals surface area (Å²) in [6.07, 6.45) is 0.0547. The predicted molar refractivity (Wildman–Crippen MR) is 89.6 cm³/mol. The summed E-state index contributed by atoms with van der Waals surface area (Å²) in [5.74, 6) is -2.98. The molecule has 0 aliphatic rings. The van der Waals surface area contributed by atoms with Crippen molar-refractivity contribution < 1.29 is 18.4 Å². The van der Waals surface area contributed by atoms with Gasteiger partial charge in [-0.2, -0.15) is 0 Å². The van der Waals surface area contributed by atoms with Crippen molar-refractivity contribution in [2.75, 3.05) is 0 Å². The van der Waals surface area contributed by atoms with Crippen LogP contribution in [0.1, 0.15) is 15.9 Å². The number of carbonyl (C=O) groups excluding carboxylic acids is 2. The largest absolute Gasteiger partial charge is 0.273 e. The molecule has 0 aromatic heterocycles. The minimum absolute atomic E-state index is 0.0547. The third kappa shape index (κ3) is 3.98. The molecule has 3 aromatic rings. The van der Waals surface area contributed by atoms with E-state index >= 15 is 0 Å². The molecule has 0 spiro atoms. The first-order valence-corrected chi connectivity index (χ1v) is 7.55. The summed E-state index contributed by atoms with van der Waals surface area (Å²) in [7, 11) is 0. The standard InChI is InChI=1S/C19H14F2N2O2/c20-15-8-14(9-16(21)11-15)19(25)23-22-18(24)10-13-6-3-5-12-4-1-2-7-17(12)13/h1-9,11H,10H2,(H,22,24)(H,23,25). The Balaban J connectivity index is 1.65. The molecule has 0 bridgehead atoms. The van der Waals surface area contributed by atoms with Crippen LogP contribution in [0.4, 0.5) is 8.78 Å². The van der Waals surface area contributed by atoms with Crippen molar-refractivity contribution in [3.05, 3.63) is 83.4 Å². The van der Waals surface area contributed by atoms with Crippen molar-refractivity contribution in [3.63, 3.8) is 0 Å². The smallest absolute Gasteiger partial charge is 0.269 e. The predicted octanol–water partition coefficient (Wildman–Crippen LogP) is 3.12. The summed E-state index contributed by atoms with van der Waals surface area (Å²) in [5.41, 5.74) is 4.99. The molecule has 0 saturated carbocycles. The molecule has 0 fully saturated rings. The lowest BCUT2D eigenvalue weighted by molar-refractivity contribution is -0.121. The molecule has 3 aromatic carbocycles. The first-order chi connectivity index (χ1) is 12.0. The minimum atomic E-state index is -0.868. The van der Waals surface area contributed by atoms with Gasteiger partial charge in [-0.15, -0.1) is 0 Å². The molecule has 2 amide bonds. The number of nitrogens with one attached hydrogen (secondary N) is 2. The number of rotatable bonds is 3. The Labute approximate surface area is 142 Å². The Morgan fingerprint density at radius 3 is 2.28 bits per heavy atom. The fourth-order valence-electron chi connectivity index (χ4n) is 2.55. The van der Waals surface area contributed by atoms with E-state index in [0.717, 1.165) is 28.5 Å². The quantitative estimate of drug-likeness (QED) is 0.720. The number of amides is 2. The molecular weight excluding hydrogens is 326 g/mol. The summed E-state index contributed by atoms with van der Waals surface area (Å²) in [5, 5.41) is 1.95. The Hall–Kier alpha value is -3.28. The molecule has 0 heterocycles. The van der Waals surface area contributed by atoms with Crippen molar-refractivity contribution in [3.8, 4) is 0 Å². The van der Waals surface area contributed by atoms with Gasteiger partial charge < -0.3 is 0 Å². The number of hydrogen-bond donors (Lipinski definition) is 2. The second-order valence-electron chi connectivity index (χ2n) is 5.48. The van der Waals surface area contributed by atoms with Gasteiger partial charge in [-0.05, 0) is 28.5 Å². The van der Waals surface area contributed by atoms with Crippen molar-refractivity contribution in [2.45, 2.75) is 6.42 Å². The maximum absolute atomic E-state index is 13.1. The average molecular weight is 340 g/mol. The lowest BCUT2D eigenvalue weighted by atomic mass is 10.0. The van der Waals surface area contributed by atoms with Crippen molar-refractivity contribution in [1.29, 1.82) is 0 Å². The van der Waals surface area contributed by atoms with Gasteiger partial charge in [0.25, 0.3) is 5.91 Å². The van der Waals surface area contributed by atoms with E-state index in [4.69, 9.17) is 0 Å². The highest BCUT2D eigenvalue weighted by Gasteiger charge is 2.11. The van der Waals surface area contributed by atoms with Crippen molar-refractivity contribution in [1.82, 2.24) is 10.9 Å². The van der Waals surface area contributed by atoms with Gasteiger partial charge in [0.15, 0.2) is 0 Å². The van der Waals surface area contributed by atoms with Gasteiger partial charge in [0.1, 0.15) is 11.6 Å². The van der Waals surface area contributed by atoms with Crippen LogP contribution >= 0.6 is 0 Å². The summed E-state index contributed by atoms with van der Waals surface area (Å²) in [6, 6.07) is 15.7. The van der Waals surface area contributed by atoms with Crippen LogP contribution in [0.3, 0.4) is 0 Å². The molecule has 25 heavy (non-hydrogen) atoms. The lowest BCUT2D eigenvalue weighted by Crippen LogP contribution is -2.42. The Bertz CT molecular complexity index is 932. The second-order valence-corrected chi connectivity index (χ2v) is 5.48. The highest BCUT2D eigenvalue weighted by Crippen LogP contribution is 2.18. The molecule has 0 unspecified atom stereocenters. The molecule has 126 valence electrons. The fourth-order valence-corrected chi connectivity index (χ4v) is 2.55. The average Bonchev–Trinajstić information content (AvgIpc) is 2.59. The normalized spacial score (nSPS) is 10.5. The number of carbonyl (C=O) groups is 2. The van der Waals surface area contributed by atoms with E-state index in [-0.39, 0.29) is 12.0 Å². The van der Waals surface area contributed by atoms with Gasteiger partial charge >= 0.3 is 0 Å². The maximum Gasteiger partial charge on any atom is 0.269 e. The number of halogens is 2. The third-order valence-electron chi connectivity index (χ3n) is 3.67. The van der Waals surface area contributed by atoms with E-state index in [1.807, 2.05) is 42.5 Å². The zero-order valence-electron chi connectivity index (χ0n) is 13.1. The summed E-state index contributed by atoms with van der Waals surface area (Å²) in [6.45, 7) is 0. The number of fused-ring (bicyclic) bond motifs is 1. The molecule has 0 atom stereocenters.